The smallest absolute Gasteiger partial charge is 0.142 e. The molecular weight excluding hydrogens is 338 g/mol. The molecule has 3 aromatic carbocycles. The normalized spacial score (nSPS) is 10.2. The lowest BCUT2D eigenvalue weighted by atomic mass is 10.0. The van der Waals surface area contributed by atoms with E-state index in [1.54, 1.807) is 18.2 Å². The van der Waals surface area contributed by atoms with Gasteiger partial charge < -0.3 is 20.9 Å². The molecule has 0 aliphatic rings. The lowest BCUT2D eigenvalue weighted by Gasteiger charge is -2.10. The summed E-state index contributed by atoms with van der Waals surface area (Å²) in [6.07, 6.45) is 0.737. The first-order valence-electron chi connectivity index (χ1n) is 8.67. The zero-order valence-corrected chi connectivity index (χ0v) is 14.9. The Labute approximate surface area is 158 Å². The molecule has 3 aromatic rings. The first-order valence-corrected chi connectivity index (χ1v) is 8.67. The van der Waals surface area contributed by atoms with E-state index < -0.39 is 0 Å². The second-order valence-electron chi connectivity index (χ2n) is 6.06. The maximum Gasteiger partial charge on any atom is 0.142 e. The van der Waals surface area contributed by atoms with Gasteiger partial charge in [-0.1, -0.05) is 24.3 Å². The largest absolute Gasteiger partial charge is 0.493 e. The predicted molar refractivity (Wildman–Crippen MR) is 107 cm³/mol. The maximum atomic E-state index is 8.86. The van der Waals surface area contributed by atoms with Crippen LogP contribution in [-0.2, 0) is 0 Å². The van der Waals surface area contributed by atoms with Gasteiger partial charge in [0, 0.05) is 12.1 Å². The highest BCUT2D eigenvalue weighted by molar-refractivity contribution is 5.65. The van der Waals surface area contributed by atoms with Crippen LogP contribution in [0.5, 0.6) is 11.5 Å². The zero-order chi connectivity index (χ0) is 19.1. The highest BCUT2D eigenvalue weighted by Gasteiger charge is 2.02. The molecule has 0 saturated heterocycles. The summed E-state index contributed by atoms with van der Waals surface area (Å²) in [7, 11) is 0. The number of nitriles is 1. The molecular formula is C22H21N3O2. The average molecular weight is 359 g/mol. The molecule has 4 N–H and O–H groups in total. The summed E-state index contributed by atoms with van der Waals surface area (Å²) >= 11 is 0. The van der Waals surface area contributed by atoms with Gasteiger partial charge in [-0.25, -0.2) is 0 Å². The number of ether oxygens (including phenoxy) is 2. The number of rotatable bonds is 7. The molecule has 0 fully saturated rings. The van der Waals surface area contributed by atoms with Crippen LogP contribution in [0.3, 0.4) is 0 Å². The first kappa shape index (κ1) is 18.2. The van der Waals surface area contributed by atoms with Crippen molar-refractivity contribution in [3.8, 4) is 28.7 Å². The van der Waals surface area contributed by atoms with E-state index in [1.165, 1.54) is 0 Å². The molecule has 0 spiro atoms. The van der Waals surface area contributed by atoms with Gasteiger partial charge in [0.05, 0.1) is 30.5 Å². The second kappa shape index (κ2) is 8.63. The Morgan fingerprint density at radius 3 is 2.04 bits per heavy atom. The van der Waals surface area contributed by atoms with E-state index in [9.17, 15) is 0 Å². The fraction of sp³-hybridized carbons (Fsp3) is 0.136. The van der Waals surface area contributed by atoms with Gasteiger partial charge in [-0.15, -0.1) is 0 Å². The average Bonchev–Trinajstić information content (AvgIpc) is 2.70. The quantitative estimate of drug-likeness (QED) is 0.486. The number of nitrogen functional groups attached to an aromatic ring is 2. The fourth-order valence-corrected chi connectivity index (χ4v) is 2.61. The Hall–Kier alpha value is -3.65. The molecule has 0 aliphatic heterocycles. The van der Waals surface area contributed by atoms with Gasteiger partial charge in [-0.3, -0.25) is 0 Å². The predicted octanol–water partition coefficient (Wildman–Crippen LogP) is 4.24. The zero-order valence-electron chi connectivity index (χ0n) is 14.9. The van der Waals surface area contributed by atoms with Gasteiger partial charge in [0.15, 0.2) is 0 Å². The van der Waals surface area contributed by atoms with Gasteiger partial charge in [-0.05, 0) is 53.6 Å². The van der Waals surface area contributed by atoms with E-state index in [4.69, 9.17) is 26.2 Å². The van der Waals surface area contributed by atoms with Crippen LogP contribution in [0.2, 0.25) is 0 Å². The summed E-state index contributed by atoms with van der Waals surface area (Å²) < 4.78 is 11.4. The van der Waals surface area contributed by atoms with E-state index in [1.807, 2.05) is 48.5 Å². The maximum absolute atomic E-state index is 8.86. The van der Waals surface area contributed by atoms with E-state index in [-0.39, 0.29) is 0 Å². The van der Waals surface area contributed by atoms with Gasteiger partial charge >= 0.3 is 0 Å². The summed E-state index contributed by atoms with van der Waals surface area (Å²) in [5.74, 6) is 1.44. The highest BCUT2D eigenvalue weighted by Crippen LogP contribution is 2.24. The summed E-state index contributed by atoms with van der Waals surface area (Å²) in [6.45, 7) is 1.06. The molecule has 27 heavy (non-hydrogen) atoms. The molecule has 0 atom stereocenters. The summed E-state index contributed by atoms with van der Waals surface area (Å²) in [6, 6.07) is 22.7. The van der Waals surface area contributed by atoms with Crippen molar-refractivity contribution < 1.29 is 9.47 Å². The van der Waals surface area contributed by atoms with Crippen molar-refractivity contribution in [3.63, 3.8) is 0 Å². The van der Waals surface area contributed by atoms with Crippen LogP contribution in [-0.4, -0.2) is 13.2 Å². The summed E-state index contributed by atoms with van der Waals surface area (Å²) in [5, 5.41) is 8.86. The molecule has 0 heterocycles. The lowest BCUT2D eigenvalue weighted by molar-refractivity contribution is 0.248. The van der Waals surface area contributed by atoms with Gasteiger partial charge in [0.1, 0.15) is 11.5 Å². The van der Waals surface area contributed by atoms with Crippen LogP contribution in [0.25, 0.3) is 11.1 Å². The third-order valence-electron chi connectivity index (χ3n) is 4.05. The van der Waals surface area contributed by atoms with Crippen molar-refractivity contribution >= 4 is 11.4 Å². The molecule has 0 aliphatic carbocycles. The van der Waals surface area contributed by atoms with Crippen LogP contribution < -0.4 is 20.9 Å². The molecule has 0 amide bonds. The van der Waals surface area contributed by atoms with Crippen LogP contribution in [0, 0.1) is 11.3 Å². The molecule has 0 aromatic heterocycles. The molecule has 5 nitrogen and oxygen atoms in total. The molecule has 136 valence electrons. The van der Waals surface area contributed by atoms with Gasteiger partial charge in [-0.2, -0.15) is 5.26 Å². The van der Waals surface area contributed by atoms with E-state index in [2.05, 4.69) is 6.07 Å². The van der Waals surface area contributed by atoms with Gasteiger partial charge in [0.2, 0.25) is 0 Å². The fourth-order valence-electron chi connectivity index (χ4n) is 2.61. The molecule has 3 rings (SSSR count). The van der Waals surface area contributed by atoms with Crippen LogP contribution in [0.15, 0.2) is 66.7 Å². The van der Waals surface area contributed by atoms with Crippen molar-refractivity contribution in [2.24, 2.45) is 0 Å². The van der Waals surface area contributed by atoms with E-state index >= 15 is 0 Å². The van der Waals surface area contributed by atoms with Crippen LogP contribution >= 0.6 is 0 Å². The Kier molecular flexibility index (Phi) is 5.80. The first-order chi connectivity index (χ1) is 13.2. The van der Waals surface area contributed by atoms with Crippen LogP contribution in [0.4, 0.5) is 11.4 Å². The minimum Gasteiger partial charge on any atom is -0.493 e. The number of hydrogen-bond acceptors (Lipinski definition) is 5. The Morgan fingerprint density at radius 1 is 0.778 bits per heavy atom. The van der Waals surface area contributed by atoms with E-state index in [0.717, 1.165) is 23.3 Å². The Morgan fingerprint density at radius 2 is 1.41 bits per heavy atom. The minimum atomic E-state index is 0.511. The van der Waals surface area contributed by atoms with Crippen molar-refractivity contribution in [1.82, 2.24) is 0 Å². The number of nitrogens with two attached hydrogens (primary N) is 2. The molecule has 0 bridgehead atoms. The molecule has 0 radical (unpaired) electrons. The Bertz CT molecular complexity index is 929. The standard InChI is InChI=1S/C22H21N3O2/c23-15-16-2-4-17(5-3-16)18-6-9-20(10-7-18)26-12-1-13-27-22-11-8-19(24)14-21(22)25/h2-11,14H,1,12-13,24-25H2. The number of hydrogen-bond donors (Lipinski definition) is 2. The lowest BCUT2D eigenvalue weighted by Crippen LogP contribution is -2.06. The van der Waals surface area contributed by atoms with Crippen molar-refractivity contribution in [3.05, 3.63) is 72.3 Å². The SMILES string of the molecule is N#Cc1ccc(-c2ccc(OCCCOc3ccc(N)cc3N)cc2)cc1. The summed E-state index contributed by atoms with van der Waals surface area (Å²) in [4.78, 5) is 0. The number of nitrogens with zero attached hydrogens (tertiary/aromatic N) is 1. The van der Waals surface area contributed by atoms with Crippen molar-refractivity contribution in [2.75, 3.05) is 24.7 Å². The topological polar surface area (TPSA) is 94.3 Å². The minimum absolute atomic E-state index is 0.511. The summed E-state index contributed by atoms with van der Waals surface area (Å²) in [5.41, 5.74) is 15.5. The number of benzene rings is 3. The van der Waals surface area contributed by atoms with Crippen molar-refractivity contribution in [1.29, 1.82) is 5.26 Å². The van der Waals surface area contributed by atoms with Crippen LogP contribution in [0.1, 0.15) is 12.0 Å². The third-order valence-corrected chi connectivity index (χ3v) is 4.05. The Balaban J connectivity index is 1.45. The highest BCUT2D eigenvalue weighted by atomic mass is 16.5. The molecule has 5 heteroatoms. The van der Waals surface area contributed by atoms with Crippen molar-refractivity contribution in [2.45, 2.75) is 6.42 Å². The monoisotopic (exact) mass is 359 g/mol. The van der Waals surface area contributed by atoms with E-state index in [0.29, 0.717) is 35.9 Å². The number of anilines is 2. The molecule has 0 saturated carbocycles. The second-order valence-corrected chi connectivity index (χ2v) is 6.06. The molecule has 0 unspecified atom stereocenters. The van der Waals surface area contributed by atoms with Gasteiger partial charge in [0.25, 0.3) is 0 Å². The third kappa shape index (κ3) is 4.93.